The largest absolute Gasteiger partial charge is 0.416 e. The maximum absolute atomic E-state index is 13.2. The molecule has 1 heterocycles. The van der Waals surface area contributed by atoms with Gasteiger partial charge in [0.15, 0.2) is 0 Å². The molecule has 0 bridgehead atoms. The van der Waals surface area contributed by atoms with Gasteiger partial charge in [-0.25, -0.2) is 0 Å². The van der Waals surface area contributed by atoms with Crippen molar-refractivity contribution in [2.75, 3.05) is 0 Å². The molecule has 0 unspecified atom stereocenters. The van der Waals surface area contributed by atoms with Crippen LogP contribution in [0.5, 0.6) is 0 Å². The highest BCUT2D eigenvalue weighted by atomic mass is 19.4. The molecule has 0 saturated heterocycles. The van der Waals surface area contributed by atoms with Gasteiger partial charge in [0, 0.05) is 12.4 Å². The first-order valence-electron chi connectivity index (χ1n) is 11.6. The van der Waals surface area contributed by atoms with Crippen molar-refractivity contribution >= 4 is 0 Å². The van der Waals surface area contributed by atoms with E-state index in [1.807, 2.05) is 60.7 Å². The van der Waals surface area contributed by atoms with E-state index >= 15 is 0 Å². The van der Waals surface area contributed by atoms with Crippen LogP contribution in [0.3, 0.4) is 0 Å². The molecule has 4 aromatic carbocycles. The molecule has 0 atom stereocenters. The van der Waals surface area contributed by atoms with Gasteiger partial charge in [0.2, 0.25) is 0 Å². The Morgan fingerprint density at radius 2 is 0.737 bits per heavy atom. The zero-order chi connectivity index (χ0) is 26.9. The lowest BCUT2D eigenvalue weighted by Gasteiger charge is -2.14. The fourth-order valence-electron chi connectivity index (χ4n) is 4.22. The van der Waals surface area contributed by atoms with Gasteiger partial charge in [-0.3, -0.25) is 4.98 Å². The maximum Gasteiger partial charge on any atom is 0.416 e. The number of alkyl halides is 6. The van der Waals surface area contributed by atoms with Crippen molar-refractivity contribution in [3.8, 4) is 44.5 Å². The summed E-state index contributed by atoms with van der Waals surface area (Å²) in [5.41, 5.74) is 3.21. The standard InChI is InChI=1S/C31H19F6N/c32-30(33,34)28-16-27(17-29(18-28)31(35,36)37)25-13-9-23(10-14-25)21-5-3-20(4-6-21)22-7-11-24(12-8-22)26-2-1-15-38-19-26/h1-19H. The highest BCUT2D eigenvalue weighted by Crippen LogP contribution is 2.39. The average Bonchev–Trinajstić information content (AvgIpc) is 2.93. The summed E-state index contributed by atoms with van der Waals surface area (Å²) in [7, 11) is 0. The molecule has 0 aliphatic heterocycles. The molecule has 5 rings (SSSR count). The molecule has 0 aliphatic rings. The van der Waals surface area contributed by atoms with Gasteiger partial charge in [-0.15, -0.1) is 0 Å². The highest BCUT2D eigenvalue weighted by Gasteiger charge is 2.37. The molecule has 38 heavy (non-hydrogen) atoms. The normalized spacial score (nSPS) is 11.9. The van der Waals surface area contributed by atoms with Crippen LogP contribution in [0.2, 0.25) is 0 Å². The second kappa shape index (κ2) is 9.82. The smallest absolute Gasteiger partial charge is 0.264 e. The minimum Gasteiger partial charge on any atom is -0.264 e. The molecule has 0 aliphatic carbocycles. The molecule has 0 saturated carbocycles. The predicted molar refractivity (Wildman–Crippen MR) is 136 cm³/mol. The molecule has 0 spiro atoms. The minimum absolute atomic E-state index is 0.131. The van der Waals surface area contributed by atoms with Gasteiger partial charge in [-0.05, 0) is 68.8 Å². The molecule has 0 radical (unpaired) electrons. The minimum atomic E-state index is -4.89. The van der Waals surface area contributed by atoms with E-state index in [0.717, 1.165) is 45.5 Å². The summed E-state index contributed by atoms with van der Waals surface area (Å²) >= 11 is 0. The molecular weight excluding hydrogens is 500 g/mol. The Morgan fingerprint density at radius 1 is 0.395 bits per heavy atom. The van der Waals surface area contributed by atoms with Crippen molar-refractivity contribution in [3.05, 3.63) is 127 Å². The van der Waals surface area contributed by atoms with Crippen LogP contribution < -0.4 is 0 Å². The lowest BCUT2D eigenvalue weighted by Crippen LogP contribution is -2.11. The van der Waals surface area contributed by atoms with Crippen molar-refractivity contribution in [2.45, 2.75) is 12.4 Å². The van der Waals surface area contributed by atoms with Gasteiger partial charge in [0.25, 0.3) is 0 Å². The van der Waals surface area contributed by atoms with E-state index in [2.05, 4.69) is 4.98 Å². The van der Waals surface area contributed by atoms with Crippen LogP contribution in [-0.2, 0) is 12.4 Å². The number of hydrogen-bond acceptors (Lipinski definition) is 1. The van der Waals surface area contributed by atoms with Gasteiger partial charge < -0.3 is 0 Å². The number of nitrogens with zero attached hydrogens (tertiary/aromatic N) is 1. The molecular formula is C31H19F6N. The van der Waals surface area contributed by atoms with Crippen LogP contribution in [0.4, 0.5) is 26.3 Å². The van der Waals surface area contributed by atoms with Crippen molar-refractivity contribution in [2.24, 2.45) is 0 Å². The molecule has 1 nitrogen and oxygen atoms in total. The quantitative estimate of drug-likeness (QED) is 0.215. The topological polar surface area (TPSA) is 12.9 Å². The third-order valence-electron chi connectivity index (χ3n) is 6.24. The Labute approximate surface area is 215 Å². The number of pyridine rings is 1. The van der Waals surface area contributed by atoms with Crippen molar-refractivity contribution in [3.63, 3.8) is 0 Å². The summed E-state index contributed by atoms with van der Waals surface area (Å²) in [6, 6.07) is 27.8. The molecule has 190 valence electrons. The molecule has 7 heteroatoms. The first kappa shape index (κ1) is 25.3. The van der Waals surface area contributed by atoms with E-state index in [9.17, 15) is 26.3 Å². The SMILES string of the molecule is FC(F)(F)c1cc(-c2ccc(-c3ccc(-c4ccc(-c5cccnc5)cc4)cc3)cc2)cc(C(F)(F)F)c1. The van der Waals surface area contributed by atoms with Gasteiger partial charge in [0.1, 0.15) is 0 Å². The monoisotopic (exact) mass is 519 g/mol. The zero-order valence-electron chi connectivity index (χ0n) is 19.7. The van der Waals surface area contributed by atoms with E-state index < -0.39 is 23.5 Å². The van der Waals surface area contributed by atoms with Crippen LogP contribution in [-0.4, -0.2) is 4.98 Å². The molecule has 5 aromatic rings. The lowest BCUT2D eigenvalue weighted by molar-refractivity contribution is -0.143. The van der Waals surface area contributed by atoms with Crippen LogP contribution in [0.25, 0.3) is 44.5 Å². The van der Waals surface area contributed by atoms with E-state index in [0.29, 0.717) is 0 Å². The summed E-state index contributed by atoms with van der Waals surface area (Å²) in [6.07, 6.45) is -6.26. The Bertz CT molecular complexity index is 1500. The van der Waals surface area contributed by atoms with Gasteiger partial charge >= 0.3 is 12.4 Å². The number of hydrogen-bond donors (Lipinski definition) is 0. The number of rotatable bonds is 4. The fourth-order valence-corrected chi connectivity index (χ4v) is 4.22. The van der Waals surface area contributed by atoms with Gasteiger partial charge in [0.05, 0.1) is 11.1 Å². The summed E-state index contributed by atoms with van der Waals surface area (Å²) in [4.78, 5) is 4.14. The summed E-state index contributed by atoms with van der Waals surface area (Å²) in [6.45, 7) is 0. The average molecular weight is 519 g/mol. The Kier molecular flexibility index (Phi) is 6.53. The van der Waals surface area contributed by atoms with Crippen LogP contribution in [0.1, 0.15) is 11.1 Å². The summed E-state index contributed by atoms with van der Waals surface area (Å²) in [5, 5.41) is 0. The van der Waals surface area contributed by atoms with Crippen LogP contribution in [0.15, 0.2) is 116 Å². The van der Waals surface area contributed by atoms with Crippen molar-refractivity contribution < 1.29 is 26.3 Å². The summed E-state index contributed by atoms with van der Waals surface area (Å²) in [5.74, 6) is 0. The highest BCUT2D eigenvalue weighted by molar-refractivity contribution is 5.75. The van der Waals surface area contributed by atoms with Crippen LogP contribution >= 0.6 is 0 Å². The van der Waals surface area contributed by atoms with Gasteiger partial charge in [-0.1, -0.05) is 78.9 Å². The zero-order valence-corrected chi connectivity index (χ0v) is 19.7. The van der Waals surface area contributed by atoms with Crippen molar-refractivity contribution in [1.29, 1.82) is 0 Å². The molecule has 0 fully saturated rings. The van der Waals surface area contributed by atoms with E-state index in [1.165, 1.54) is 12.1 Å². The Morgan fingerprint density at radius 3 is 1.05 bits per heavy atom. The van der Waals surface area contributed by atoms with E-state index in [-0.39, 0.29) is 17.2 Å². The second-order valence-corrected chi connectivity index (χ2v) is 8.77. The Hall–Kier alpha value is -4.39. The first-order chi connectivity index (χ1) is 18.1. The second-order valence-electron chi connectivity index (χ2n) is 8.77. The molecule has 1 aromatic heterocycles. The number of aromatic nitrogens is 1. The fraction of sp³-hybridized carbons (Fsp3) is 0.0645. The molecule has 0 N–H and O–H groups in total. The molecule has 0 amide bonds. The first-order valence-corrected chi connectivity index (χ1v) is 11.6. The maximum atomic E-state index is 13.2. The third kappa shape index (κ3) is 5.47. The van der Waals surface area contributed by atoms with E-state index in [4.69, 9.17) is 0 Å². The van der Waals surface area contributed by atoms with Gasteiger partial charge in [-0.2, -0.15) is 26.3 Å². The van der Waals surface area contributed by atoms with Crippen LogP contribution in [0, 0.1) is 0 Å². The summed E-state index contributed by atoms with van der Waals surface area (Å²) < 4.78 is 79.3. The number of halogens is 6. The lowest BCUT2D eigenvalue weighted by atomic mass is 9.96. The third-order valence-corrected chi connectivity index (χ3v) is 6.24. The van der Waals surface area contributed by atoms with E-state index in [1.54, 1.807) is 24.5 Å². The predicted octanol–water partition coefficient (Wildman–Crippen LogP) is 9.79. The van der Waals surface area contributed by atoms with Crippen molar-refractivity contribution in [1.82, 2.24) is 4.98 Å². The Balaban J connectivity index is 1.38. The number of benzene rings is 4.